The summed E-state index contributed by atoms with van der Waals surface area (Å²) in [6.45, 7) is 2.33. The van der Waals surface area contributed by atoms with Crippen LogP contribution in [0.1, 0.15) is 19.8 Å². The predicted octanol–water partition coefficient (Wildman–Crippen LogP) is 2.77. The molecule has 0 nitrogen and oxygen atoms in total. The maximum Gasteiger partial charge on any atom is -0.0162 e. The van der Waals surface area contributed by atoms with Gasteiger partial charge in [0.1, 0.15) is 0 Å². The van der Waals surface area contributed by atoms with Crippen LogP contribution in [-0.2, 0) is 0 Å². The van der Waals surface area contributed by atoms with E-state index < -0.39 is 0 Å². The van der Waals surface area contributed by atoms with Crippen molar-refractivity contribution in [3.05, 3.63) is 24.3 Å². The van der Waals surface area contributed by atoms with Crippen molar-refractivity contribution in [3.63, 3.8) is 0 Å². The van der Waals surface area contributed by atoms with Gasteiger partial charge in [-0.05, 0) is 30.6 Å². The molecule has 3 atom stereocenters. The van der Waals surface area contributed by atoms with Crippen LogP contribution in [0.2, 0.25) is 0 Å². The van der Waals surface area contributed by atoms with E-state index in [-0.39, 0.29) is 0 Å². The summed E-state index contributed by atoms with van der Waals surface area (Å²) in [4.78, 5) is 0. The number of hydrogen-bond acceptors (Lipinski definition) is 0. The highest BCUT2D eigenvalue weighted by molar-refractivity contribution is 5.11. The Kier molecular flexibility index (Phi) is 1.40. The van der Waals surface area contributed by atoms with E-state index in [2.05, 4.69) is 31.2 Å². The van der Waals surface area contributed by atoms with Crippen LogP contribution in [0.5, 0.6) is 0 Å². The van der Waals surface area contributed by atoms with Crippen molar-refractivity contribution < 1.29 is 0 Å². The third-order valence-electron chi connectivity index (χ3n) is 2.87. The fourth-order valence-electron chi connectivity index (χ4n) is 2.14. The molecule has 2 rings (SSSR count). The van der Waals surface area contributed by atoms with E-state index >= 15 is 0 Å². The second kappa shape index (κ2) is 2.26. The SMILES string of the molecule is CC1C=CC2CC=CCC12. The predicted molar refractivity (Wildman–Crippen MR) is 43.7 cm³/mol. The second-order valence-electron chi connectivity index (χ2n) is 3.51. The topological polar surface area (TPSA) is 0 Å². The molecule has 2 aliphatic carbocycles. The van der Waals surface area contributed by atoms with E-state index in [0.717, 1.165) is 17.8 Å². The summed E-state index contributed by atoms with van der Waals surface area (Å²) in [5.41, 5.74) is 0. The Morgan fingerprint density at radius 1 is 1.10 bits per heavy atom. The first-order valence-electron chi connectivity index (χ1n) is 4.21. The molecule has 0 N–H and O–H groups in total. The minimum Gasteiger partial charge on any atom is -0.0882 e. The zero-order valence-electron chi connectivity index (χ0n) is 6.46. The molecular formula is C10H14. The first-order chi connectivity index (χ1) is 4.88. The van der Waals surface area contributed by atoms with Crippen molar-refractivity contribution in [2.45, 2.75) is 19.8 Å². The number of allylic oxidation sites excluding steroid dienone is 4. The van der Waals surface area contributed by atoms with Crippen LogP contribution in [0, 0.1) is 17.8 Å². The van der Waals surface area contributed by atoms with Gasteiger partial charge in [0.15, 0.2) is 0 Å². The van der Waals surface area contributed by atoms with Gasteiger partial charge >= 0.3 is 0 Å². The maximum atomic E-state index is 2.40. The number of fused-ring (bicyclic) bond motifs is 1. The summed E-state index contributed by atoms with van der Waals surface area (Å²) in [6.07, 6.45) is 12.0. The van der Waals surface area contributed by atoms with Crippen molar-refractivity contribution in [1.82, 2.24) is 0 Å². The molecule has 0 heterocycles. The molecule has 3 unspecified atom stereocenters. The molecule has 0 saturated heterocycles. The van der Waals surface area contributed by atoms with Crippen LogP contribution in [-0.4, -0.2) is 0 Å². The normalized spacial score (nSPS) is 43.9. The first kappa shape index (κ1) is 6.21. The summed E-state index contributed by atoms with van der Waals surface area (Å²) in [6, 6.07) is 0. The minimum atomic E-state index is 0.829. The highest BCUT2D eigenvalue weighted by Gasteiger charge is 2.28. The van der Waals surface area contributed by atoms with E-state index in [1.165, 1.54) is 12.8 Å². The highest BCUT2D eigenvalue weighted by Crippen LogP contribution is 2.38. The molecule has 0 aromatic carbocycles. The molecule has 0 bridgehead atoms. The maximum absolute atomic E-state index is 2.40. The van der Waals surface area contributed by atoms with E-state index in [1.54, 1.807) is 0 Å². The van der Waals surface area contributed by atoms with Gasteiger partial charge < -0.3 is 0 Å². The van der Waals surface area contributed by atoms with E-state index in [1.807, 2.05) is 0 Å². The fourth-order valence-corrected chi connectivity index (χ4v) is 2.14. The molecule has 0 spiro atoms. The molecule has 0 saturated carbocycles. The Morgan fingerprint density at radius 3 is 2.70 bits per heavy atom. The lowest BCUT2D eigenvalue weighted by molar-refractivity contribution is 0.343. The van der Waals surface area contributed by atoms with Gasteiger partial charge in [-0.3, -0.25) is 0 Å². The summed E-state index contributed by atoms with van der Waals surface area (Å²) >= 11 is 0. The van der Waals surface area contributed by atoms with Gasteiger partial charge in [-0.1, -0.05) is 31.2 Å². The van der Waals surface area contributed by atoms with Crippen LogP contribution in [0.3, 0.4) is 0 Å². The third kappa shape index (κ3) is 0.828. The van der Waals surface area contributed by atoms with Gasteiger partial charge in [0.05, 0.1) is 0 Å². The van der Waals surface area contributed by atoms with Gasteiger partial charge in [0.2, 0.25) is 0 Å². The standard InChI is InChI=1S/C10H14/c1-8-6-7-9-4-2-3-5-10(8)9/h2-3,6-10H,4-5H2,1H3. The van der Waals surface area contributed by atoms with E-state index in [0.29, 0.717) is 0 Å². The van der Waals surface area contributed by atoms with Crippen molar-refractivity contribution in [2.75, 3.05) is 0 Å². The number of hydrogen-bond donors (Lipinski definition) is 0. The Balaban J connectivity index is 2.16. The first-order valence-corrected chi connectivity index (χ1v) is 4.21. The summed E-state index contributed by atoms with van der Waals surface area (Å²) in [5.74, 6) is 2.64. The largest absolute Gasteiger partial charge is 0.0882 e. The van der Waals surface area contributed by atoms with Gasteiger partial charge in [0.25, 0.3) is 0 Å². The molecule has 0 aromatic heterocycles. The second-order valence-corrected chi connectivity index (χ2v) is 3.51. The third-order valence-corrected chi connectivity index (χ3v) is 2.87. The van der Waals surface area contributed by atoms with Crippen LogP contribution in [0.4, 0.5) is 0 Å². The van der Waals surface area contributed by atoms with Crippen molar-refractivity contribution in [1.29, 1.82) is 0 Å². The summed E-state index contributed by atoms with van der Waals surface area (Å²) < 4.78 is 0. The molecule has 54 valence electrons. The average Bonchev–Trinajstić information content (AvgIpc) is 2.34. The van der Waals surface area contributed by atoms with Crippen molar-refractivity contribution in [3.8, 4) is 0 Å². The molecule has 10 heavy (non-hydrogen) atoms. The molecule has 0 aromatic rings. The summed E-state index contributed by atoms with van der Waals surface area (Å²) in [5, 5.41) is 0. The quantitative estimate of drug-likeness (QED) is 0.447. The van der Waals surface area contributed by atoms with Gasteiger partial charge in [-0.25, -0.2) is 0 Å². The van der Waals surface area contributed by atoms with E-state index in [9.17, 15) is 0 Å². The molecule has 0 radical (unpaired) electrons. The smallest absolute Gasteiger partial charge is 0.0162 e. The lowest BCUT2D eigenvalue weighted by Crippen LogP contribution is -2.15. The van der Waals surface area contributed by atoms with Crippen molar-refractivity contribution in [2.24, 2.45) is 17.8 Å². The van der Waals surface area contributed by atoms with E-state index in [4.69, 9.17) is 0 Å². The lowest BCUT2D eigenvalue weighted by Gasteiger charge is -2.23. The van der Waals surface area contributed by atoms with Crippen LogP contribution >= 0.6 is 0 Å². The number of rotatable bonds is 0. The van der Waals surface area contributed by atoms with Gasteiger partial charge in [-0.2, -0.15) is 0 Å². The Labute approximate surface area is 62.6 Å². The van der Waals surface area contributed by atoms with Crippen molar-refractivity contribution >= 4 is 0 Å². The van der Waals surface area contributed by atoms with Crippen LogP contribution < -0.4 is 0 Å². The molecule has 0 aliphatic heterocycles. The lowest BCUT2D eigenvalue weighted by atomic mass is 9.81. The molecule has 0 fully saturated rings. The fraction of sp³-hybridized carbons (Fsp3) is 0.600. The highest BCUT2D eigenvalue weighted by atomic mass is 14.3. The monoisotopic (exact) mass is 134 g/mol. The zero-order valence-corrected chi connectivity index (χ0v) is 6.46. The molecular weight excluding hydrogens is 120 g/mol. The molecule has 0 amide bonds. The van der Waals surface area contributed by atoms with Crippen LogP contribution in [0.25, 0.3) is 0 Å². The Morgan fingerprint density at radius 2 is 1.90 bits per heavy atom. The molecule has 2 aliphatic rings. The summed E-state index contributed by atoms with van der Waals surface area (Å²) in [7, 11) is 0. The Hall–Kier alpha value is -0.520. The van der Waals surface area contributed by atoms with Crippen LogP contribution in [0.15, 0.2) is 24.3 Å². The average molecular weight is 134 g/mol. The van der Waals surface area contributed by atoms with Gasteiger partial charge in [-0.15, -0.1) is 0 Å². The zero-order chi connectivity index (χ0) is 6.97. The van der Waals surface area contributed by atoms with Gasteiger partial charge in [0, 0.05) is 0 Å². The molecule has 0 heteroatoms. The minimum absolute atomic E-state index is 0.829. The Bertz CT molecular complexity index is 176.